The van der Waals surface area contributed by atoms with Gasteiger partial charge in [-0.1, -0.05) is 0 Å². The molecule has 0 spiro atoms. The lowest BCUT2D eigenvalue weighted by atomic mass is 9.91. The highest BCUT2D eigenvalue weighted by Crippen LogP contribution is 2.45. The van der Waals surface area contributed by atoms with Crippen LogP contribution in [0.15, 0.2) is 16.9 Å². The first-order valence-electron chi connectivity index (χ1n) is 9.52. The molecule has 3 aliphatic rings. The van der Waals surface area contributed by atoms with Crippen molar-refractivity contribution in [1.82, 2.24) is 9.55 Å². The van der Waals surface area contributed by atoms with Crippen molar-refractivity contribution in [2.45, 2.75) is 32.2 Å². The summed E-state index contributed by atoms with van der Waals surface area (Å²) in [6, 6.07) is 2.47. The second-order valence-electron chi connectivity index (χ2n) is 7.84. The van der Waals surface area contributed by atoms with E-state index in [9.17, 15) is 19.1 Å². The number of hydrogen-bond donors (Lipinski definition) is 2. The van der Waals surface area contributed by atoms with Gasteiger partial charge in [0.2, 0.25) is 0 Å². The van der Waals surface area contributed by atoms with Crippen molar-refractivity contribution in [1.29, 1.82) is 0 Å². The predicted molar refractivity (Wildman–Crippen MR) is 102 cm³/mol. The number of aromatic nitrogens is 2. The van der Waals surface area contributed by atoms with E-state index in [0.29, 0.717) is 33.6 Å². The number of fused-ring (bicyclic) bond motifs is 5. The zero-order valence-corrected chi connectivity index (χ0v) is 15.9. The van der Waals surface area contributed by atoms with Crippen LogP contribution in [0.2, 0.25) is 0 Å². The Kier molecular flexibility index (Phi) is 3.30. The highest BCUT2D eigenvalue weighted by atomic mass is 19.1. The molecule has 5 heterocycles. The van der Waals surface area contributed by atoms with Crippen LogP contribution in [0.4, 0.5) is 4.39 Å². The average Bonchev–Trinajstić information content (AvgIpc) is 3.09. The smallest absolute Gasteiger partial charge is 0.340 e. The molecule has 30 heavy (non-hydrogen) atoms. The molecule has 3 aliphatic heterocycles. The van der Waals surface area contributed by atoms with Crippen molar-refractivity contribution in [2.75, 3.05) is 6.61 Å². The molecule has 0 fully saturated rings. The van der Waals surface area contributed by atoms with Crippen molar-refractivity contribution >= 4 is 16.9 Å². The van der Waals surface area contributed by atoms with Crippen LogP contribution < -0.4 is 16.0 Å². The Bertz CT molecular complexity index is 1380. The number of nitrogens with two attached hydrogens (primary N) is 1. The first kappa shape index (κ1) is 17.5. The summed E-state index contributed by atoms with van der Waals surface area (Å²) in [7, 11) is 0. The number of carbonyl (C=O) groups is 1. The maximum atomic E-state index is 14.5. The van der Waals surface area contributed by atoms with Gasteiger partial charge in [0.15, 0.2) is 6.10 Å². The minimum absolute atomic E-state index is 0.186. The van der Waals surface area contributed by atoms with Gasteiger partial charge in [0.1, 0.15) is 24.8 Å². The molecule has 0 amide bonds. The number of ether oxygens (including phenoxy) is 2. The molecule has 3 aromatic rings. The molecular formula is C21H16FN3O5. The molecule has 0 bridgehead atoms. The summed E-state index contributed by atoms with van der Waals surface area (Å²) in [6.07, 6.45) is -1.53. The lowest BCUT2D eigenvalue weighted by molar-refractivity contribution is -0.157. The molecule has 1 unspecified atom stereocenters. The van der Waals surface area contributed by atoms with Gasteiger partial charge in [-0.3, -0.25) is 4.79 Å². The zero-order chi connectivity index (χ0) is 20.9. The molecule has 1 aromatic carbocycles. The van der Waals surface area contributed by atoms with Crippen LogP contribution in [0.5, 0.6) is 5.75 Å². The van der Waals surface area contributed by atoms with Crippen LogP contribution in [0, 0.1) is 12.7 Å². The summed E-state index contributed by atoms with van der Waals surface area (Å²) in [4.78, 5) is 29.5. The first-order chi connectivity index (χ1) is 14.4. The van der Waals surface area contributed by atoms with Gasteiger partial charge in [-0.15, -0.1) is 0 Å². The van der Waals surface area contributed by atoms with Crippen molar-refractivity contribution in [2.24, 2.45) is 5.73 Å². The monoisotopic (exact) mass is 409 g/mol. The molecule has 9 heteroatoms. The molecule has 152 valence electrons. The number of nitrogens with zero attached hydrogens (tertiary/aromatic N) is 2. The molecule has 6 rings (SSSR count). The summed E-state index contributed by atoms with van der Waals surface area (Å²) in [6.45, 7) is 1.88. The van der Waals surface area contributed by atoms with E-state index in [1.807, 2.05) is 0 Å². The Morgan fingerprint density at radius 1 is 1.27 bits per heavy atom. The fraction of sp³-hybridized carbons (Fsp3) is 0.286. The Labute approximate surface area is 168 Å². The average molecular weight is 409 g/mol. The van der Waals surface area contributed by atoms with Gasteiger partial charge >= 0.3 is 5.97 Å². The standard InChI is InChI=1S/C21H16FN3O5/c1-7-11(22)3-13-16-15(12(23)6-29-19(7)16)9-4-25-14(17(9)24-13)2-8-10(20(25)27)5-30-21(28)18(8)26/h2-3,12,18,26H,4-6,23H2,1H3/t12?,18-/m0/s1. The molecule has 0 saturated heterocycles. The zero-order valence-electron chi connectivity index (χ0n) is 15.9. The second kappa shape index (κ2) is 5.65. The summed E-state index contributed by atoms with van der Waals surface area (Å²) in [5, 5.41) is 10.9. The number of halogens is 1. The Morgan fingerprint density at radius 2 is 2.07 bits per heavy atom. The van der Waals surface area contributed by atoms with Crippen molar-refractivity contribution in [3.05, 3.63) is 56.1 Å². The molecular weight excluding hydrogens is 393 g/mol. The highest BCUT2D eigenvalue weighted by Gasteiger charge is 2.37. The minimum Gasteiger partial charge on any atom is -0.491 e. The van der Waals surface area contributed by atoms with Gasteiger partial charge in [-0.2, -0.15) is 0 Å². The van der Waals surface area contributed by atoms with Crippen molar-refractivity contribution in [3.8, 4) is 17.1 Å². The number of cyclic esters (lactones) is 1. The lowest BCUT2D eigenvalue weighted by Gasteiger charge is -2.27. The summed E-state index contributed by atoms with van der Waals surface area (Å²) >= 11 is 0. The van der Waals surface area contributed by atoms with E-state index in [2.05, 4.69) is 4.98 Å². The van der Waals surface area contributed by atoms with E-state index in [1.165, 1.54) is 10.6 Å². The number of aliphatic hydroxyl groups is 1. The maximum Gasteiger partial charge on any atom is 0.340 e. The van der Waals surface area contributed by atoms with E-state index >= 15 is 0 Å². The van der Waals surface area contributed by atoms with Gasteiger partial charge in [0, 0.05) is 28.1 Å². The third-order valence-corrected chi connectivity index (χ3v) is 6.21. The fourth-order valence-corrected chi connectivity index (χ4v) is 4.70. The molecule has 0 radical (unpaired) electrons. The molecule has 3 N–H and O–H groups in total. The third kappa shape index (κ3) is 2.03. The lowest BCUT2D eigenvalue weighted by Crippen LogP contribution is -2.32. The molecule has 2 atom stereocenters. The van der Waals surface area contributed by atoms with Crippen LogP contribution in [0.25, 0.3) is 22.3 Å². The number of benzene rings is 1. The van der Waals surface area contributed by atoms with Crippen LogP contribution in [-0.4, -0.2) is 27.2 Å². The van der Waals surface area contributed by atoms with Crippen molar-refractivity contribution < 1.29 is 23.8 Å². The largest absolute Gasteiger partial charge is 0.491 e. The van der Waals surface area contributed by atoms with Crippen LogP contribution in [0.1, 0.15) is 40.0 Å². The summed E-state index contributed by atoms with van der Waals surface area (Å²) in [5.41, 5.74) is 9.75. The van der Waals surface area contributed by atoms with Gasteiger partial charge in [0.25, 0.3) is 5.56 Å². The van der Waals surface area contributed by atoms with E-state index < -0.39 is 23.9 Å². The number of esters is 1. The van der Waals surface area contributed by atoms with Crippen LogP contribution in [-0.2, 0) is 22.7 Å². The number of carbonyl (C=O) groups excluding carboxylic acids is 1. The normalized spacial score (nSPS) is 21.0. The maximum absolute atomic E-state index is 14.5. The quantitative estimate of drug-likeness (QED) is 0.421. The van der Waals surface area contributed by atoms with Gasteiger partial charge < -0.3 is 24.9 Å². The van der Waals surface area contributed by atoms with E-state index in [-0.39, 0.29) is 36.4 Å². The van der Waals surface area contributed by atoms with E-state index in [1.54, 1.807) is 13.0 Å². The van der Waals surface area contributed by atoms with Gasteiger partial charge in [0.05, 0.1) is 35.1 Å². The third-order valence-electron chi connectivity index (χ3n) is 6.21. The molecule has 0 saturated carbocycles. The Hall–Kier alpha value is -3.30. The Balaban J connectivity index is 1.70. The molecule has 2 aromatic heterocycles. The summed E-state index contributed by atoms with van der Waals surface area (Å²) in [5.74, 6) is -0.813. The van der Waals surface area contributed by atoms with Gasteiger partial charge in [-0.05, 0) is 18.6 Å². The minimum atomic E-state index is -1.53. The number of aliphatic hydroxyl groups excluding tert-OH is 1. The summed E-state index contributed by atoms with van der Waals surface area (Å²) < 4.78 is 26.7. The Morgan fingerprint density at radius 3 is 2.87 bits per heavy atom. The topological polar surface area (TPSA) is 117 Å². The van der Waals surface area contributed by atoms with Crippen molar-refractivity contribution in [3.63, 3.8) is 0 Å². The molecule has 0 aliphatic carbocycles. The SMILES string of the molecule is Cc1c(F)cc2nc3c(c4c2c1OCC4N)Cn1c-3cc2c(c1=O)COC(=O)[C@H]2O. The fourth-order valence-electron chi connectivity index (χ4n) is 4.70. The number of hydrogen-bond acceptors (Lipinski definition) is 7. The predicted octanol–water partition coefficient (Wildman–Crippen LogP) is 1.36. The van der Waals surface area contributed by atoms with Gasteiger partial charge in [-0.25, -0.2) is 14.2 Å². The van der Waals surface area contributed by atoms with E-state index in [0.717, 1.165) is 11.1 Å². The van der Waals surface area contributed by atoms with Crippen LogP contribution in [0.3, 0.4) is 0 Å². The number of pyridine rings is 2. The van der Waals surface area contributed by atoms with Crippen LogP contribution >= 0.6 is 0 Å². The molecule has 8 nitrogen and oxygen atoms in total. The first-order valence-corrected chi connectivity index (χ1v) is 9.52. The second-order valence-corrected chi connectivity index (χ2v) is 7.84. The highest BCUT2D eigenvalue weighted by molar-refractivity contribution is 5.95. The van der Waals surface area contributed by atoms with E-state index in [4.69, 9.17) is 15.2 Å². The number of rotatable bonds is 0.